The molecule has 0 radical (unpaired) electrons. The molecular weight excluding hydrogens is 242 g/mol. The number of nitriles is 1. The molecule has 84 valence electrons. The number of para-hydroxylation sites is 1. The third kappa shape index (κ3) is 1.86. The first kappa shape index (κ1) is 11.2. The molecule has 1 aromatic carbocycles. The Morgan fingerprint density at radius 1 is 1.35 bits per heavy atom. The van der Waals surface area contributed by atoms with E-state index in [1.165, 1.54) is 18.5 Å². The molecule has 1 heterocycles. The van der Waals surface area contributed by atoms with Gasteiger partial charge < -0.3 is 4.98 Å². The van der Waals surface area contributed by atoms with Crippen LogP contribution >= 0.6 is 11.6 Å². The maximum absolute atomic E-state index is 11.0. The summed E-state index contributed by atoms with van der Waals surface area (Å²) >= 11 is 5.80. The predicted molar refractivity (Wildman–Crippen MR) is 62.6 cm³/mol. The van der Waals surface area contributed by atoms with Gasteiger partial charge in [0.25, 0.3) is 5.69 Å². The topological polar surface area (TPSA) is 82.7 Å². The van der Waals surface area contributed by atoms with Crippen molar-refractivity contribution in [1.29, 1.82) is 5.26 Å². The monoisotopic (exact) mass is 247 g/mol. The Balaban J connectivity index is 2.73. The number of H-pyrrole nitrogens is 1. The van der Waals surface area contributed by atoms with E-state index in [1.807, 2.05) is 6.07 Å². The Morgan fingerprint density at radius 2 is 2.12 bits per heavy atom. The molecule has 17 heavy (non-hydrogen) atoms. The highest BCUT2D eigenvalue weighted by Gasteiger charge is 2.21. The lowest BCUT2D eigenvalue weighted by Gasteiger charge is -2.02. The molecule has 0 aliphatic heterocycles. The number of aromatic nitrogens is 1. The van der Waals surface area contributed by atoms with Crippen LogP contribution in [0, 0.1) is 21.4 Å². The molecule has 0 bridgehead atoms. The second-order valence-corrected chi connectivity index (χ2v) is 3.69. The van der Waals surface area contributed by atoms with Crippen molar-refractivity contribution in [2.24, 2.45) is 0 Å². The van der Waals surface area contributed by atoms with E-state index in [2.05, 4.69) is 4.98 Å². The van der Waals surface area contributed by atoms with Gasteiger partial charge >= 0.3 is 0 Å². The van der Waals surface area contributed by atoms with Crippen LogP contribution in [0.3, 0.4) is 0 Å². The predicted octanol–water partition coefficient (Wildman–Crippen LogP) is 3.11. The Morgan fingerprint density at radius 3 is 2.76 bits per heavy atom. The number of nitrogens with one attached hydrogen (secondary N) is 1. The lowest BCUT2D eigenvalue weighted by atomic mass is 10.0. The summed E-state index contributed by atoms with van der Waals surface area (Å²) in [6, 6.07) is 6.58. The molecule has 0 unspecified atom stereocenters. The van der Waals surface area contributed by atoms with E-state index < -0.39 is 4.92 Å². The van der Waals surface area contributed by atoms with Gasteiger partial charge in [0.2, 0.25) is 0 Å². The summed E-state index contributed by atoms with van der Waals surface area (Å²) in [5.74, 6) is 0. The van der Waals surface area contributed by atoms with Gasteiger partial charge in [0.1, 0.15) is 11.1 Å². The van der Waals surface area contributed by atoms with Crippen molar-refractivity contribution >= 4 is 17.3 Å². The van der Waals surface area contributed by atoms with E-state index in [1.54, 1.807) is 12.1 Å². The van der Waals surface area contributed by atoms with Gasteiger partial charge in [-0.05, 0) is 12.1 Å². The van der Waals surface area contributed by atoms with Crippen molar-refractivity contribution in [3.8, 4) is 17.2 Å². The quantitative estimate of drug-likeness (QED) is 0.654. The third-order valence-electron chi connectivity index (χ3n) is 2.33. The van der Waals surface area contributed by atoms with E-state index in [0.29, 0.717) is 16.7 Å². The fourth-order valence-electron chi connectivity index (χ4n) is 1.60. The molecule has 1 N–H and O–H groups in total. The Kier molecular flexibility index (Phi) is 2.81. The van der Waals surface area contributed by atoms with E-state index in [4.69, 9.17) is 16.9 Å². The number of nitro benzene ring substituents is 1. The first-order valence-electron chi connectivity index (χ1n) is 4.65. The number of rotatable bonds is 2. The molecule has 2 aromatic rings. The number of nitro groups is 1. The summed E-state index contributed by atoms with van der Waals surface area (Å²) in [6.45, 7) is 0. The number of hydrogen-bond acceptors (Lipinski definition) is 3. The molecule has 5 nitrogen and oxygen atoms in total. The smallest absolute Gasteiger partial charge is 0.295 e. The minimum atomic E-state index is -0.550. The Labute approximate surface area is 101 Å². The van der Waals surface area contributed by atoms with Crippen LogP contribution in [-0.2, 0) is 0 Å². The second-order valence-electron chi connectivity index (χ2n) is 3.29. The molecular formula is C11H6ClN3O2. The molecule has 0 saturated carbocycles. The van der Waals surface area contributed by atoms with E-state index in [-0.39, 0.29) is 10.7 Å². The van der Waals surface area contributed by atoms with Crippen LogP contribution in [0.5, 0.6) is 0 Å². The molecule has 0 aliphatic carbocycles. The van der Waals surface area contributed by atoms with Crippen molar-refractivity contribution in [3.05, 3.63) is 51.3 Å². The zero-order valence-electron chi connectivity index (χ0n) is 8.48. The molecule has 0 fully saturated rings. The van der Waals surface area contributed by atoms with Crippen LogP contribution in [-0.4, -0.2) is 9.91 Å². The van der Waals surface area contributed by atoms with Crippen LogP contribution in [0.1, 0.15) is 5.56 Å². The van der Waals surface area contributed by atoms with Crippen molar-refractivity contribution in [3.63, 3.8) is 0 Å². The maximum atomic E-state index is 11.0. The maximum Gasteiger partial charge on any atom is 0.295 e. The summed E-state index contributed by atoms with van der Waals surface area (Å²) in [6.07, 6.45) is 3.02. The number of nitrogens with zero attached hydrogens (tertiary/aromatic N) is 2. The molecule has 0 spiro atoms. The van der Waals surface area contributed by atoms with Gasteiger partial charge in [0, 0.05) is 18.0 Å². The molecule has 1 aromatic heterocycles. The van der Waals surface area contributed by atoms with Crippen LogP contribution < -0.4 is 0 Å². The van der Waals surface area contributed by atoms with Gasteiger partial charge in [-0.1, -0.05) is 17.7 Å². The van der Waals surface area contributed by atoms with Gasteiger partial charge in [-0.15, -0.1) is 0 Å². The van der Waals surface area contributed by atoms with E-state index in [9.17, 15) is 10.1 Å². The van der Waals surface area contributed by atoms with Crippen LogP contribution in [0.15, 0.2) is 30.6 Å². The molecule has 0 amide bonds. The fraction of sp³-hybridized carbons (Fsp3) is 0. The summed E-state index contributed by atoms with van der Waals surface area (Å²) in [5, 5.41) is 19.9. The lowest BCUT2D eigenvalue weighted by Crippen LogP contribution is -1.93. The number of hydrogen-bond donors (Lipinski definition) is 1. The second kappa shape index (κ2) is 4.28. The van der Waals surface area contributed by atoms with Gasteiger partial charge in [0.15, 0.2) is 0 Å². The average Bonchev–Trinajstić information content (AvgIpc) is 2.75. The van der Waals surface area contributed by atoms with Gasteiger partial charge in [0.05, 0.1) is 16.1 Å². The number of aromatic amines is 1. The largest absolute Gasteiger partial charge is 0.366 e. The van der Waals surface area contributed by atoms with Crippen molar-refractivity contribution in [2.45, 2.75) is 0 Å². The van der Waals surface area contributed by atoms with Crippen molar-refractivity contribution in [1.82, 2.24) is 4.98 Å². The SMILES string of the molecule is N#Cc1c[nH]cc1-c1cccc(Cl)c1[N+](=O)[O-]. The Bertz CT molecular complexity index is 628. The van der Waals surface area contributed by atoms with Crippen molar-refractivity contribution < 1.29 is 4.92 Å². The first-order valence-corrected chi connectivity index (χ1v) is 5.03. The van der Waals surface area contributed by atoms with Gasteiger partial charge in [-0.25, -0.2) is 0 Å². The summed E-state index contributed by atoms with van der Waals surface area (Å²) in [5.41, 5.74) is 0.961. The zero-order valence-corrected chi connectivity index (χ0v) is 9.23. The number of benzene rings is 1. The van der Waals surface area contributed by atoms with Crippen molar-refractivity contribution in [2.75, 3.05) is 0 Å². The molecule has 0 aliphatic rings. The van der Waals surface area contributed by atoms with Crippen LogP contribution in [0.25, 0.3) is 11.1 Å². The summed E-state index contributed by atoms with van der Waals surface area (Å²) in [7, 11) is 0. The first-order chi connectivity index (χ1) is 8.15. The Hall–Kier alpha value is -2.32. The molecule has 0 saturated heterocycles. The molecule has 2 rings (SSSR count). The zero-order chi connectivity index (χ0) is 12.4. The summed E-state index contributed by atoms with van der Waals surface area (Å²) in [4.78, 5) is 13.2. The van der Waals surface area contributed by atoms with E-state index >= 15 is 0 Å². The van der Waals surface area contributed by atoms with Crippen LogP contribution in [0.4, 0.5) is 5.69 Å². The number of halogens is 1. The summed E-state index contributed by atoms with van der Waals surface area (Å²) < 4.78 is 0. The molecule has 6 heteroatoms. The lowest BCUT2D eigenvalue weighted by molar-refractivity contribution is -0.384. The highest BCUT2D eigenvalue weighted by atomic mass is 35.5. The van der Waals surface area contributed by atoms with Crippen LogP contribution in [0.2, 0.25) is 5.02 Å². The molecule has 0 atom stereocenters. The minimum Gasteiger partial charge on any atom is -0.366 e. The fourth-order valence-corrected chi connectivity index (χ4v) is 1.84. The standard InChI is InChI=1S/C11H6ClN3O2/c12-10-3-1-2-8(11(10)15(16)17)9-6-14-5-7(9)4-13/h1-3,5-6,14H. The third-order valence-corrected chi connectivity index (χ3v) is 2.63. The average molecular weight is 248 g/mol. The normalized spacial score (nSPS) is 9.88. The van der Waals surface area contributed by atoms with Gasteiger partial charge in [-0.3, -0.25) is 10.1 Å². The highest BCUT2D eigenvalue weighted by molar-refractivity contribution is 6.33. The minimum absolute atomic E-state index is 0.0533. The van der Waals surface area contributed by atoms with E-state index in [0.717, 1.165) is 0 Å². The van der Waals surface area contributed by atoms with Gasteiger partial charge in [-0.2, -0.15) is 5.26 Å². The highest BCUT2D eigenvalue weighted by Crippen LogP contribution is 2.36.